The molecule has 0 amide bonds. The van der Waals surface area contributed by atoms with E-state index in [1.807, 2.05) is 13.8 Å². The second-order valence-corrected chi connectivity index (χ2v) is 8.18. The Morgan fingerprint density at radius 2 is 1.33 bits per heavy atom. The van der Waals surface area contributed by atoms with Crippen LogP contribution in [0, 0.1) is 11.3 Å². The van der Waals surface area contributed by atoms with Crippen LogP contribution >= 0.6 is 0 Å². The summed E-state index contributed by atoms with van der Waals surface area (Å²) in [6.45, 7) is 5.38. The molecule has 0 aromatic heterocycles. The van der Waals surface area contributed by atoms with Crippen LogP contribution < -0.4 is 0 Å². The van der Waals surface area contributed by atoms with Gasteiger partial charge in [0.05, 0.1) is 25.7 Å². The summed E-state index contributed by atoms with van der Waals surface area (Å²) >= 11 is 0. The summed E-state index contributed by atoms with van der Waals surface area (Å²) in [4.78, 5) is 0. The fourth-order valence-electron chi connectivity index (χ4n) is 1.30. The first-order chi connectivity index (χ1) is 7.90. The van der Waals surface area contributed by atoms with Crippen LogP contribution in [0.2, 0.25) is 0 Å². The number of hydrogen-bond donors (Lipinski definition) is 0. The normalized spacial score (nSPS) is 15.6. The van der Waals surface area contributed by atoms with E-state index in [-0.39, 0.29) is 19.1 Å². The Morgan fingerprint density at radius 1 is 1.00 bits per heavy atom. The minimum atomic E-state index is -3.56. The molecule has 0 N–H and O–H groups in total. The van der Waals surface area contributed by atoms with Crippen LogP contribution in [0.3, 0.4) is 0 Å². The molecule has 0 aromatic carbocycles. The topological polar surface area (TPSA) is 86.7 Å². The average molecular weight is 302 g/mol. The van der Waals surface area contributed by atoms with Gasteiger partial charge in [-0.3, -0.25) is 8.37 Å². The Labute approximate surface area is 110 Å². The van der Waals surface area contributed by atoms with Crippen LogP contribution in [0.1, 0.15) is 27.2 Å². The molecule has 0 saturated carbocycles. The van der Waals surface area contributed by atoms with Crippen molar-refractivity contribution in [1.29, 1.82) is 0 Å². The zero-order valence-electron chi connectivity index (χ0n) is 11.5. The molecule has 8 heteroatoms. The minimum absolute atomic E-state index is 0.0565. The van der Waals surface area contributed by atoms with Gasteiger partial charge in [0, 0.05) is 5.41 Å². The lowest BCUT2D eigenvalue weighted by molar-refractivity contribution is 0.0510. The lowest BCUT2D eigenvalue weighted by Crippen LogP contribution is -2.37. The predicted molar refractivity (Wildman–Crippen MR) is 69.2 cm³/mol. The van der Waals surface area contributed by atoms with Crippen molar-refractivity contribution in [2.45, 2.75) is 27.2 Å². The molecule has 1 atom stereocenters. The lowest BCUT2D eigenvalue weighted by atomic mass is 9.78. The molecule has 6 nitrogen and oxygen atoms in total. The molecule has 0 aromatic rings. The highest BCUT2D eigenvalue weighted by molar-refractivity contribution is 7.86. The molecule has 0 spiro atoms. The SMILES string of the molecule is CCC(C)C(C)(COS(C)(=O)=O)COS(C)(=O)=O. The first kappa shape index (κ1) is 17.8. The molecule has 0 radical (unpaired) electrons. The van der Waals surface area contributed by atoms with Gasteiger partial charge in [0.25, 0.3) is 20.2 Å². The maximum Gasteiger partial charge on any atom is 0.264 e. The molecule has 1 unspecified atom stereocenters. The summed E-state index contributed by atoms with van der Waals surface area (Å²) in [6.07, 6.45) is 2.68. The van der Waals surface area contributed by atoms with Crippen LogP contribution in [0.25, 0.3) is 0 Å². The van der Waals surface area contributed by atoms with E-state index < -0.39 is 25.7 Å². The van der Waals surface area contributed by atoms with E-state index in [2.05, 4.69) is 0 Å². The predicted octanol–water partition coefficient (Wildman–Crippen LogP) is 0.991. The highest BCUT2D eigenvalue weighted by Gasteiger charge is 2.33. The van der Waals surface area contributed by atoms with Crippen molar-refractivity contribution in [2.24, 2.45) is 11.3 Å². The molecule has 110 valence electrons. The molecule has 0 saturated heterocycles. The summed E-state index contributed by atoms with van der Waals surface area (Å²) in [5.74, 6) is 0.0565. The van der Waals surface area contributed by atoms with Gasteiger partial charge in [-0.05, 0) is 5.92 Å². The van der Waals surface area contributed by atoms with Crippen LogP contribution in [0.15, 0.2) is 0 Å². The van der Waals surface area contributed by atoms with Gasteiger partial charge < -0.3 is 0 Å². The minimum Gasteiger partial charge on any atom is -0.270 e. The van der Waals surface area contributed by atoms with E-state index in [9.17, 15) is 16.8 Å². The third-order valence-electron chi connectivity index (χ3n) is 3.01. The van der Waals surface area contributed by atoms with Gasteiger partial charge in [-0.25, -0.2) is 0 Å². The van der Waals surface area contributed by atoms with E-state index in [0.29, 0.717) is 0 Å². The summed E-state index contributed by atoms with van der Waals surface area (Å²) in [6, 6.07) is 0. The molecule has 0 aliphatic rings. The highest BCUT2D eigenvalue weighted by Crippen LogP contribution is 2.31. The first-order valence-corrected chi connectivity index (χ1v) is 9.22. The second kappa shape index (κ2) is 6.31. The van der Waals surface area contributed by atoms with Crippen LogP contribution in [0.5, 0.6) is 0 Å². The van der Waals surface area contributed by atoms with Crippen molar-refractivity contribution in [3.8, 4) is 0 Å². The lowest BCUT2D eigenvalue weighted by Gasteiger charge is -2.33. The van der Waals surface area contributed by atoms with Crippen molar-refractivity contribution in [1.82, 2.24) is 0 Å². The van der Waals surface area contributed by atoms with Crippen LogP contribution in [-0.4, -0.2) is 42.6 Å². The van der Waals surface area contributed by atoms with Crippen molar-refractivity contribution < 1.29 is 25.2 Å². The largest absolute Gasteiger partial charge is 0.270 e. The van der Waals surface area contributed by atoms with Gasteiger partial charge >= 0.3 is 0 Å². The quantitative estimate of drug-likeness (QED) is 0.621. The second-order valence-electron chi connectivity index (χ2n) is 4.90. The Bertz CT molecular complexity index is 415. The molecular weight excluding hydrogens is 280 g/mol. The van der Waals surface area contributed by atoms with E-state index in [1.165, 1.54) is 0 Å². The third-order valence-corrected chi connectivity index (χ3v) is 4.10. The summed E-state index contributed by atoms with van der Waals surface area (Å²) in [7, 11) is -7.12. The Morgan fingerprint density at radius 3 is 1.56 bits per heavy atom. The van der Waals surface area contributed by atoms with Gasteiger partial charge in [-0.1, -0.05) is 27.2 Å². The molecular formula is C10H22O6S2. The first-order valence-electron chi connectivity index (χ1n) is 5.58. The zero-order chi connectivity index (χ0) is 14.6. The van der Waals surface area contributed by atoms with E-state index in [1.54, 1.807) is 6.92 Å². The van der Waals surface area contributed by atoms with E-state index in [4.69, 9.17) is 8.37 Å². The maximum atomic E-state index is 11.0. The molecule has 0 rings (SSSR count). The third kappa shape index (κ3) is 7.30. The summed E-state index contributed by atoms with van der Waals surface area (Å²) in [5, 5.41) is 0. The van der Waals surface area contributed by atoms with E-state index >= 15 is 0 Å². The average Bonchev–Trinajstić information content (AvgIpc) is 2.20. The molecule has 0 aliphatic heterocycles. The van der Waals surface area contributed by atoms with Gasteiger partial charge in [-0.15, -0.1) is 0 Å². The summed E-state index contributed by atoms with van der Waals surface area (Å²) in [5.41, 5.74) is -0.680. The van der Waals surface area contributed by atoms with Crippen molar-refractivity contribution in [3.63, 3.8) is 0 Å². The van der Waals surface area contributed by atoms with Gasteiger partial charge in [0.1, 0.15) is 0 Å². The van der Waals surface area contributed by atoms with Crippen LogP contribution in [0.4, 0.5) is 0 Å². The smallest absolute Gasteiger partial charge is 0.264 e. The Kier molecular flexibility index (Phi) is 6.25. The van der Waals surface area contributed by atoms with Gasteiger partial charge in [0.15, 0.2) is 0 Å². The van der Waals surface area contributed by atoms with Crippen molar-refractivity contribution in [3.05, 3.63) is 0 Å². The molecule has 0 aliphatic carbocycles. The van der Waals surface area contributed by atoms with Gasteiger partial charge in [-0.2, -0.15) is 16.8 Å². The molecule has 18 heavy (non-hydrogen) atoms. The Hall–Kier alpha value is -0.180. The standard InChI is InChI=1S/C10H22O6S2/c1-6-9(2)10(3,7-15-17(4,11)12)8-16-18(5,13)14/h9H,6-8H2,1-5H3. The maximum absolute atomic E-state index is 11.0. The monoisotopic (exact) mass is 302 g/mol. The Balaban J connectivity index is 4.84. The highest BCUT2D eigenvalue weighted by atomic mass is 32.2. The molecule has 0 heterocycles. The fraction of sp³-hybridized carbons (Fsp3) is 1.00. The fourth-order valence-corrected chi connectivity index (χ4v) is 2.27. The zero-order valence-corrected chi connectivity index (χ0v) is 13.1. The van der Waals surface area contributed by atoms with Crippen LogP contribution in [-0.2, 0) is 28.6 Å². The van der Waals surface area contributed by atoms with Gasteiger partial charge in [0.2, 0.25) is 0 Å². The van der Waals surface area contributed by atoms with Crippen molar-refractivity contribution in [2.75, 3.05) is 25.7 Å². The summed E-state index contributed by atoms with van der Waals surface area (Å²) < 4.78 is 53.6. The van der Waals surface area contributed by atoms with Crippen molar-refractivity contribution >= 4 is 20.2 Å². The molecule has 0 fully saturated rings. The van der Waals surface area contributed by atoms with E-state index in [0.717, 1.165) is 18.9 Å². The number of hydrogen-bond acceptors (Lipinski definition) is 6. The molecule has 0 bridgehead atoms. The number of rotatable bonds is 8.